The summed E-state index contributed by atoms with van der Waals surface area (Å²) in [7, 11) is 0. The molecular weight excluding hydrogens is 400 g/mol. The van der Waals surface area contributed by atoms with E-state index in [0.29, 0.717) is 16.3 Å². The Kier molecular flexibility index (Phi) is 5.63. The Labute approximate surface area is 177 Å². The normalized spacial score (nSPS) is 10.9. The maximum atomic E-state index is 12.4. The number of ether oxygens (including phenoxy) is 1. The summed E-state index contributed by atoms with van der Waals surface area (Å²) in [6, 6.07) is 15.1. The van der Waals surface area contributed by atoms with Crippen molar-refractivity contribution < 1.29 is 18.7 Å². The fraction of sp³-hybridized carbons (Fsp3) is 0.174. The maximum Gasteiger partial charge on any atom is 0.374 e. The highest BCUT2D eigenvalue weighted by molar-refractivity contribution is 7.09. The van der Waals surface area contributed by atoms with E-state index < -0.39 is 5.97 Å². The van der Waals surface area contributed by atoms with Gasteiger partial charge in [0.15, 0.2) is 0 Å². The quantitative estimate of drug-likeness (QED) is 0.442. The second-order valence-corrected chi connectivity index (χ2v) is 7.84. The van der Waals surface area contributed by atoms with E-state index in [4.69, 9.17) is 9.15 Å². The Balaban J connectivity index is 1.35. The zero-order valence-corrected chi connectivity index (χ0v) is 17.4. The number of fused-ring (bicyclic) bond motifs is 1. The molecule has 152 valence electrons. The largest absolute Gasteiger partial charge is 0.453 e. The number of amides is 1. The van der Waals surface area contributed by atoms with Gasteiger partial charge in [0.1, 0.15) is 17.2 Å². The first-order valence-electron chi connectivity index (χ1n) is 9.45. The number of furan rings is 1. The third kappa shape index (κ3) is 4.26. The van der Waals surface area contributed by atoms with Gasteiger partial charge in [0.2, 0.25) is 11.7 Å². The number of anilines is 1. The molecule has 0 radical (unpaired) electrons. The molecule has 2 heterocycles. The SMILES string of the molecule is Cc1ccccc1NC(=O)Cc1nc(COC(=O)c2oc3ccccc3c2C)cs1. The van der Waals surface area contributed by atoms with Crippen LogP contribution in [0.5, 0.6) is 0 Å². The van der Waals surface area contributed by atoms with E-state index in [1.807, 2.05) is 62.4 Å². The van der Waals surface area contributed by atoms with Gasteiger partial charge in [-0.05, 0) is 31.5 Å². The molecule has 0 unspecified atom stereocenters. The maximum absolute atomic E-state index is 12.4. The van der Waals surface area contributed by atoms with Crippen LogP contribution in [0.15, 0.2) is 58.3 Å². The van der Waals surface area contributed by atoms with Crippen molar-refractivity contribution in [3.8, 4) is 0 Å². The fourth-order valence-electron chi connectivity index (χ4n) is 3.12. The summed E-state index contributed by atoms with van der Waals surface area (Å²) in [6.45, 7) is 3.79. The van der Waals surface area contributed by atoms with Gasteiger partial charge in [-0.15, -0.1) is 11.3 Å². The van der Waals surface area contributed by atoms with E-state index in [2.05, 4.69) is 10.3 Å². The standard InChI is InChI=1S/C23H20N2O4S/c1-14-7-3-5-9-18(14)25-20(26)11-21-24-16(13-30-21)12-28-23(27)22-15(2)17-8-4-6-10-19(17)29-22/h3-10,13H,11-12H2,1-2H3,(H,25,26). The molecule has 2 aromatic carbocycles. The molecular formula is C23H20N2O4S. The zero-order valence-electron chi connectivity index (χ0n) is 16.6. The number of benzene rings is 2. The number of thiazole rings is 1. The number of aromatic nitrogens is 1. The molecule has 0 bridgehead atoms. The molecule has 30 heavy (non-hydrogen) atoms. The van der Waals surface area contributed by atoms with E-state index in [0.717, 1.165) is 22.2 Å². The fourth-order valence-corrected chi connectivity index (χ4v) is 3.89. The van der Waals surface area contributed by atoms with Crippen LogP contribution in [0.4, 0.5) is 5.69 Å². The minimum Gasteiger partial charge on any atom is -0.453 e. The van der Waals surface area contributed by atoms with Gasteiger partial charge in [-0.3, -0.25) is 4.79 Å². The summed E-state index contributed by atoms with van der Waals surface area (Å²) in [5, 5.41) is 6.22. The van der Waals surface area contributed by atoms with Crippen molar-refractivity contribution in [1.82, 2.24) is 4.98 Å². The van der Waals surface area contributed by atoms with Crippen molar-refractivity contribution >= 4 is 39.9 Å². The molecule has 4 rings (SSSR count). The molecule has 0 aliphatic rings. The number of carbonyl (C=O) groups excluding carboxylic acids is 2. The Hall–Kier alpha value is -3.45. The van der Waals surface area contributed by atoms with E-state index in [9.17, 15) is 9.59 Å². The number of nitrogens with one attached hydrogen (secondary N) is 1. The van der Waals surface area contributed by atoms with E-state index in [1.54, 1.807) is 5.38 Å². The molecule has 0 aliphatic heterocycles. The van der Waals surface area contributed by atoms with Gasteiger partial charge in [-0.2, -0.15) is 0 Å². The smallest absolute Gasteiger partial charge is 0.374 e. The Bertz CT molecular complexity index is 1220. The molecule has 2 aromatic heterocycles. The average Bonchev–Trinajstić information content (AvgIpc) is 3.32. The predicted octanol–water partition coefficient (Wildman–Crippen LogP) is 5.04. The van der Waals surface area contributed by atoms with Crippen LogP contribution in [-0.4, -0.2) is 16.9 Å². The number of esters is 1. The van der Waals surface area contributed by atoms with Crippen molar-refractivity contribution in [2.45, 2.75) is 26.9 Å². The van der Waals surface area contributed by atoms with Crippen LogP contribution in [0.2, 0.25) is 0 Å². The van der Waals surface area contributed by atoms with Crippen LogP contribution in [-0.2, 0) is 22.6 Å². The summed E-state index contributed by atoms with van der Waals surface area (Å²) in [5.41, 5.74) is 3.79. The number of carbonyl (C=O) groups is 2. The number of hydrogen-bond donors (Lipinski definition) is 1. The first-order chi connectivity index (χ1) is 14.5. The van der Waals surface area contributed by atoms with Crippen molar-refractivity contribution in [1.29, 1.82) is 0 Å². The molecule has 0 saturated carbocycles. The minimum atomic E-state index is -0.532. The van der Waals surface area contributed by atoms with Crippen molar-refractivity contribution in [2.75, 3.05) is 5.32 Å². The lowest BCUT2D eigenvalue weighted by atomic mass is 10.1. The van der Waals surface area contributed by atoms with Crippen LogP contribution in [0.1, 0.15) is 32.4 Å². The van der Waals surface area contributed by atoms with E-state index in [-0.39, 0.29) is 24.7 Å². The number of para-hydroxylation sites is 2. The predicted molar refractivity (Wildman–Crippen MR) is 116 cm³/mol. The van der Waals surface area contributed by atoms with Crippen LogP contribution < -0.4 is 5.32 Å². The van der Waals surface area contributed by atoms with Crippen LogP contribution in [0.3, 0.4) is 0 Å². The number of hydrogen-bond acceptors (Lipinski definition) is 6. The van der Waals surface area contributed by atoms with Crippen molar-refractivity contribution in [3.63, 3.8) is 0 Å². The van der Waals surface area contributed by atoms with Crippen LogP contribution >= 0.6 is 11.3 Å². The lowest BCUT2D eigenvalue weighted by Crippen LogP contribution is -2.15. The summed E-state index contributed by atoms with van der Waals surface area (Å²) in [6.07, 6.45) is 0.162. The molecule has 4 aromatic rings. The van der Waals surface area contributed by atoms with Crippen LogP contribution in [0, 0.1) is 13.8 Å². The second kappa shape index (κ2) is 8.51. The summed E-state index contributed by atoms with van der Waals surface area (Å²) < 4.78 is 11.0. The Morgan fingerprint density at radius 2 is 1.87 bits per heavy atom. The topological polar surface area (TPSA) is 81.4 Å². The summed E-state index contributed by atoms with van der Waals surface area (Å²) in [5.74, 6) is -0.472. The zero-order chi connectivity index (χ0) is 21.1. The first-order valence-corrected chi connectivity index (χ1v) is 10.3. The Morgan fingerprint density at radius 3 is 2.67 bits per heavy atom. The first kappa shape index (κ1) is 19.8. The van der Waals surface area contributed by atoms with E-state index >= 15 is 0 Å². The lowest BCUT2D eigenvalue weighted by Gasteiger charge is -2.06. The summed E-state index contributed by atoms with van der Waals surface area (Å²) >= 11 is 1.36. The minimum absolute atomic E-state index is 0.0191. The van der Waals surface area contributed by atoms with E-state index in [1.165, 1.54) is 11.3 Å². The number of rotatable bonds is 6. The molecule has 7 heteroatoms. The van der Waals surface area contributed by atoms with Gasteiger partial charge in [-0.25, -0.2) is 9.78 Å². The van der Waals surface area contributed by atoms with Crippen molar-refractivity contribution in [2.24, 2.45) is 0 Å². The lowest BCUT2D eigenvalue weighted by molar-refractivity contribution is -0.115. The molecule has 6 nitrogen and oxygen atoms in total. The highest BCUT2D eigenvalue weighted by atomic mass is 32.1. The number of nitrogens with zero attached hydrogens (tertiary/aromatic N) is 1. The second-order valence-electron chi connectivity index (χ2n) is 6.90. The van der Waals surface area contributed by atoms with Crippen LogP contribution in [0.25, 0.3) is 11.0 Å². The highest BCUT2D eigenvalue weighted by Crippen LogP contribution is 2.25. The molecule has 0 saturated heterocycles. The van der Waals surface area contributed by atoms with Gasteiger partial charge >= 0.3 is 5.97 Å². The average molecular weight is 420 g/mol. The molecule has 0 aliphatic carbocycles. The highest BCUT2D eigenvalue weighted by Gasteiger charge is 2.19. The van der Waals surface area contributed by atoms with Gasteiger partial charge in [0, 0.05) is 22.0 Å². The third-order valence-corrected chi connectivity index (χ3v) is 5.61. The summed E-state index contributed by atoms with van der Waals surface area (Å²) in [4.78, 5) is 29.1. The van der Waals surface area contributed by atoms with Gasteiger partial charge in [0.05, 0.1) is 12.1 Å². The van der Waals surface area contributed by atoms with Gasteiger partial charge in [0.25, 0.3) is 0 Å². The molecule has 0 spiro atoms. The monoisotopic (exact) mass is 420 g/mol. The molecule has 1 amide bonds. The Morgan fingerprint density at radius 1 is 1.10 bits per heavy atom. The molecule has 1 N–H and O–H groups in total. The molecule has 0 fully saturated rings. The van der Waals surface area contributed by atoms with Crippen molar-refractivity contribution in [3.05, 3.63) is 81.5 Å². The third-order valence-electron chi connectivity index (χ3n) is 4.71. The number of aryl methyl sites for hydroxylation is 2. The molecule has 0 atom stereocenters. The van der Waals surface area contributed by atoms with Gasteiger partial charge < -0.3 is 14.5 Å². The van der Waals surface area contributed by atoms with Gasteiger partial charge in [-0.1, -0.05) is 36.4 Å².